The van der Waals surface area contributed by atoms with Crippen molar-refractivity contribution in [3.8, 4) is 5.75 Å². The largest absolute Gasteiger partial charge is 0.496 e. The van der Waals surface area contributed by atoms with Gasteiger partial charge in [0, 0.05) is 11.1 Å². The minimum atomic E-state index is 0.0309. The predicted molar refractivity (Wildman–Crippen MR) is 65.4 cm³/mol. The molecule has 1 aromatic carbocycles. The fourth-order valence-corrected chi connectivity index (χ4v) is 1.86. The van der Waals surface area contributed by atoms with Gasteiger partial charge in [0.1, 0.15) is 17.6 Å². The number of hydrogen-bond acceptors (Lipinski definition) is 2. The van der Waals surface area contributed by atoms with Gasteiger partial charge >= 0.3 is 0 Å². The normalized spacial score (nSPS) is 15.0. The lowest BCUT2D eigenvalue weighted by Crippen LogP contribution is -2.02. The highest BCUT2D eigenvalue weighted by Gasteiger charge is 2.19. The molecule has 0 aliphatic heterocycles. The molecule has 0 heterocycles. The van der Waals surface area contributed by atoms with E-state index in [9.17, 15) is 0 Å². The minimum absolute atomic E-state index is 0.0309. The van der Waals surface area contributed by atoms with Crippen molar-refractivity contribution in [2.75, 3.05) is 7.11 Å². The first kappa shape index (κ1) is 10.8. The predicted octanol–water partition coefficient (Wildman–Crippen LogP) is 3.18. The number of hydrogen-bond donors (Lipinski definition) is 0. The second-order valence-corrected chi connectivity index (χ2v) is 3.82. The fraction of sp³-hybridized carbons (Fsp3) is 0.286. The summed E-state index contributed by atoms with van der Waals surface area (Å²) >= 11 is 0. The van der Waals surface area contributed by atoms with Crippen LogP contribution in [0.2, 0.25) is 0 Å². The van der Waals surface area contributed by atoms with Crippen molar-refractivity contribution in [1.29, 1.82) is 0 Å². The van der Waals surface area contributed by atoms with Crippen LogP contribution < -0.4 is 4.74 Å². The first-order valence-corrected chi connectivity index (χ1v) is 5.42. The number of allylic oxidation sites excluding steroid dienone is 1. The van der Waals surface area contributed by atoms with E-state index in [1.165, 1.54) is 5.56 Å². The van der Waals surface area contributed by atoms with Gasteiger partial charge in [-0.3, -0.25) is 0 Å². The number of methoxy groups -OCH3 is 1. The topological polar surface area (TPSA) is 18.5 Å². The summed E-state index contributed by atoms with van der Waals surface area (Å²) in [5, 5.41) is 0. The molecular formula is C14H16O2. The molecule has 0 aromatic heterocycles. The van der Waals surface area contributed by atoms with Crippen LogP contribution in [0, 0.1) is 0 Å². The maximum atomic E-state index is 5.77. The Morgan fingerprint density at radius 2 is 2.25 bits per heavy atom. The van der Waals surface area contributed by atoms with Gasteiger partial charge in [0.2, 0.25) is 0 Å². The molecule has 0 saturated heterocycles. The molecule has 0 amide bonds. The van der Waals surface area contributed by atoms with Crippen LogP contribution in [0.4, 0.5) is 0 Å². The smallest absolute Gasteiger partial charge is 0.124 e. The summed E-state index contributed by atoms with van der Waals surface area (Å²) in [6.45, 7) is 5.69. The molecule has 0 bridgehead atoms. The van der Waals surface area contributed by atoms with Gasteiger partial charge in [-0.2, -0.15) is 0 Å². The molecule has 1 aromatic rings. The van der Waals surface area contributed by atoms with Crippen LogP contribution in [-0.4, -0.2) is 13.2 Å². The number of fused-ring (bicyclic) bond motifs is 1. The summed E-state index contributed by atoms with van der Waals surface area (Å²) in [7, 11) is 1.70. The Labute approximate surface area is 96.2 Å². The van der Waals surface area contributed by atoms with Gasteiger partial charge in [0.05, 0.1) is 7.11 Å². The highest BCUT2D eigenvalue weighted by molar-refractivity contribution is 5.71. The third kappa shape index (κ3) is 1.83. The third-order valence-corrected chi connectivity index (χ3v) is 2.75. The molecular weight excluding hydrogens is 200 g/mol. The van der Waals surface area contributed by atoms with Crippen LogP contribution in [-0.2, 0) is 11.2 Å². The SMILES string of the molecule is C=CC(C)OC1=CCc2c(OC)cccc21. The van der Waals surface area contributed by atoms with Crippen molar-refractivity contribution < 1.29 is 9.47 Å². The molecule has 0 fully saturated rings. The van der Waals surface area contributed by atoms with Gasteiger partial charge in [-0.15, -0.1) is 0 Å². The maximum absolute atomic E-state index is 5.77. The van der Waals surface area contributed by atoms with Gasteiger partial charge in [-0.25, -0.2) is 0 Å². The average molecular weight is 216 g/mol. The second kappa shape index (κ2) is 4.44. The van der Waals surface area contributed by atoms with Gasteiger partial charge in [-0.1, -0.05) is 24.8 Å². The third-order valence-electron chi connectivity index (χ3n) is 2.75. The molecule has 84 valence electrons. The van der Waals surface area contributed by atoms with E-state index in [0.29, 0.717) is 0 Å². The van der Waals surface area contributed by atoms with E-state index < -0.39 is 0 Å². The van der Waals surface area contributed by atoms with E-state index in [-0.39, 0.29) is 6.10 Å². The Hall–Kier alpha value is -1.70. The lowest BCUT2D eigenvalue weighted by molar-refractivity contribution is 0.231. The van der Waals surface area contributed by atoms with E-state index in [4.69, 9.17) is 9.47 Å². The van der Waals surface area contributed by atoms with Crippen molar-refractivity contribution in [3.05, 3.63) is 48.1 Å². The second-order valence-electron chi connectivity index (χ2n) is 3.82. The van der Waals surface area contributed by atoms with Crippen LogP contribution in [0.25, 0.3) is 5.76 Å². The molecule has 1 atom stereocenters. The van der Waals surface area contributed by atoms with Crippen molar-refractivity contribution in [3.63, 3.8) is 0 Å². The number of benzene rings is 1. The minimum Gasteiger partial charge on any atom is -0.496 e. The Balaban J connectivity index is 2.27. The quantitative estimate of drug-likeness (QED) is 0.720. The number of ether oxygens (including phenoxy) is 2. The summed E-state index contributed by atoms with van der Waals surface area (Å²) in [4.78, 5) is 0. The highest BCUT2D eigenvalue weighted by atomic mass is 16.5. The average Bonchev–Trinajstić information content (AvgIpc) is 2.72. The van der Waals surface area contributed by atoms with E-state index in [1.54, 1.807) is 13.2 Å². The summed E-state index contributed by atoms with van der Waals surface area (Å²) < 4.78 is 11.1. The molecule has 1 aliphatic rings. The van der Waals surface area contributed by atoms with Crippen LogP contribution >= 0.6 is 0 Å². The Bertz CT molecular complexity index is 432. The lowest BCUT2D eigenvalue weighted by Gasteiger charge is -2.13. The summed E-state index contributed by atoms with van der Waals surface area (Å²) in [6, 6.07) is 6.03. The highest BCUT2D eigenvalue weighted by Crippen LogP contribution is 2.34. The van der Waals surface area contributed by atoms with Crippen molar-refractivity contribution in [2.45, 2.75) is 19.4 Å². The van der Waals surface area contributed by atoms with E-state index >= 15 is 0 Å². The molecule has 2 nitrogen and oxygen atoms in total. The standard InChI is InChI=1S/C14H16O2/c1-4-10(2)16-14-9-8-12-11(14)6-5-7-13(12)15-3/h4-7,9-10H,1,8H2,2-3H3. The van der Waals surface area contributed by atoms with Crippen molar-refractivity contribution in [1.82, 2.24) is 0 Å². The van der Waals surface area contributed by atoms with Gasteiger partial charge in [-0.05, 0) is 25.5 Å². The molecule has 0 spiro atoms. The molecule has 0 saturated carbocycles. The van der Waals surface area contributed by atoms with Gasteiger partial charge < -0.3 is 9.47 Å². The van der Waals surface area contributed by atoms with Crippen LogP contribution in [0.5, 0.6) is 5.75 Å². The van der Waals surface area contributed by atoms with Gasteiger partial charge in [0.25, 0.3) is 0 Å². The molecule has 16 heavy (non-hydrogen) atoms. The van der Waals surface area contributed by atoms with Crippen molar-refractivity contribution >= 4 is 5.76 Å². The van der Waals surface area contributed by atoms with Gasteiger partial charge in [0.15, 0.2) is 0 Å². The summed E-state index contributed by atoms with van der Waals surface area (Å²) in [5.74, 6) is 1.86. The van der Waals surface area contributed by atoms with Crippen LogP contribution in [0.1, 0.15) is 18.1 Å². The summed E-state index contributed by atoms with van der Waals surface area (Å²) in [6.07, 6.45) is 4.79. The van der Waals surface area contributed by atoms with Crippen LogP contribution in [0.15, 0.2) is 36.9 Å². The first-order chi connectivity index (χ1) is 7.76. The van der Waals surface area contributed by atoms with E-state index in [1.807, 2.05) is 19.1 Å². The Kier molecular flexibility index (Phi) is 3.00. The molecule has 1 unspecified atom stereocenters. The molecule has 1 aliphatic carbocycles. The maximum Gasteiger partial charge on any atom is 0.124 e. The zero-order chi connectivity index (χ0) is 11.5. The number of rotatable bonds is 4. The molecule has 2 heteroatoms. The molecule has 0 radical (unpaired) electrons. The summed E-state index contributed by atoms with van der Waals surface area (Å²) in [5.41, 5.74) is 2.34. The van der Waals surface area contributed by atoms with Crippen molar-refractivity contribution in [2.24, 2.45) is 0 Å². The fourth-order valence-electron chi connectivity index (χ4n) is 1.86. The zero-order valence-corrected chi connectivity index (χ0v) is 9.69. The monoisotopic (exact) mass is 216 g/mol. The molecule has 0 N–H and O–H groups in total. The van der Waals surface area contributed by atoms with E-state index in [2.05, 4.69) is 18.7 Å². The first-order valence-electron chi connectivity index (χ1n) is 5.42. The van der Waals surface area contributed by atoms with E-state index in [0.717, 1.165) is 23.5 Å². The Morgan fingerprint density at radius 1 is 1.44 bits per heavy atom. The Morgan fingerprint density at radius 3 is 2.94 bits per heavy atom. The lowest BCUT2D eigenvalue weighted by atomic mass is 10.1. The zero-order valence-electron chi connectivity index (χ0n) is 9.69. The molecule has 2 rings (SSSR count). The van der Waals surface area contributed by atoms with Crippen LogP contribution in [0.3, 0.4) is 0 Å².